The van der Waals surface area contributed by atoms with Crippen molar-refractivity contribution in [2.24, 2.45) is 0 Å². The molecule has 0 atom stereocenters. The number of amides is 1. The van der Waals surface area contributed by atoms with Crippen molar-refractivity contribution >= 4 is 16.8 Å². The third-order valence-corrected chi connectivity index (χ3v) is 3.36. The second-order valence-electron chi connectivity index (χ2n) is 4.77. The van der Waals surface area contributed by atoms with Crippen LogP contribution in [0.3, 0.4) is 0 Å². The maximum absolute atomic E-state index is 12.1. The molecule has 0 spiro atoms. The summed E-state index contributed by atoms with van der Waals surface area (Å²) in [5.74, 6) is -0.0302. The third-order valence-electron chi connectivity index (χ3n) is 3.36. The summed E-state index contributed by atoms with van der Waals surface area (Å²) in [6, 6.07) is 17.8. The van der Waals surface area contributed by atoms with Crippen LogP contribution in [-0.2, 0) is 6.42 Å². The van der Waals surface area contributed by atoms with Crippen LogP contribution in [0.1, 0.15) is 15.9 Å². The van der Waals surface area contributed by atoms with E-state index in [4.69, 9.17) is 0 Å². The Morgan fingerprint density at radius 2 is 1.90 bits per heavy atom. The van der Waals surface area contributed by atoms with Gasteiger partial charge in [-0.3, -0.25) is 4.79 Å². The van der Waals surface area contributed by atoms with Crippen LogP contribution >= 0.6 is 0 Å². The third kappa shape index (κ3) is 2.72. The van der Waals surface area contributed by atoms with Crippen LogP contribution in [-0.4, -0.2) is 17.4 Å². The van der Waals surface area contributed by atoms with Gasteiger partial charge in [0.25, 0.3) is 5.91 Å². The quantitative estimate of drug-likeness (QED) is 0.747. The van der Waals surface area contributed by atoms with Crippen LogP contribution in [0.2, 0.25) is 0 Å². The highest BCUT2D eigenvalue weighted by Gasteiger charge is 2.06. The Morgan fingerprint density at radius 3 is 2.75 bits per heavy atom. The average Bonchev–Trinajstić information content (AvgIpc) is 2.95. The molecule has 0 aliphatic heterocycles. The normalized spacial score (nSPS) is 10.6. The lowest BCUT2D eigenvalue weighted by atomic mass is 10.1. The van der Waals surface area contributed by atoms with Gasteiger partial charge in [0.2, 0.25) is 0 Å². The lowest BCUT2D eigenvalue weighted by Crippen LogP contribution is -2.25. The van der Waals surface area contributed by atoms with E-state index < -0.39 is 0 Å². The van der Waals surface area contributed by atoms with Crippen molar-refractivity contribution in [3.05, 3.63) is 71.9 Å². The molecule has 1 amide bonds. The van der Waals surface area contributed by atoms with Crippen molar-refractivity contribution in [3.63, 3.8) is 0 Å². The van der Waals surface area contributed by atoms with Crippen LogP contribution in [0, 0.1) is 0 Å². The van der Waals surface area contributed by atoms with E-state index in [1.165, 1.54) is 5.56 Å². The molecule has 3 aromatic rings. The summed E-state index contributed by atoms with van der Waals surface area (Å²) in [7, 11) is 0. The second kappa shape index (κ2) is 5.61. The molecule has 0 fully saturated rings. The van der Waals surface area contributed by atoms with E-state index >= 15 is 0 Å². The van der Waals surface area contributed by atoms with Gasteiger partial charge in [-0.15, -0.1) is 0 Å². The van der Waals surface area contributed by atoms with Crippen LogP contribution < -0.4 is 5.32 Å². The molecule has 3 heteroatoms. The zero-order valence-corrected chi connectivity index (χ0v) is 11.1. The summed E-state index contributed by atoms with van der Waals surface area (Å²) in [6.07, 6.45) is 2.72. The number of nitrogens with one attached hydrogen (secondary N) is 2. The average molecular weight is 264 g/mol. The molecule has 3 nitrogen and oxygen atoms in total. The minimum absolute atomic E-state index is 0.0302. The minimum Gasteiger partial charge on any atom is -0.361 e. The van der Waals surface area contributed by atoms with Gasteiger partial charge in [0.05, 0.1) is 0 Å². The standard InChI is InChI=1S/C17H16N2O/c20-17(19-10-8-13-4-2-1-3-5-13)15-7-6-14-9-11-18-16(14)12-15/h1-7,9,11-12,18H,8,10H2,(H,19,20). The summed E-state index contributed by atoms with van der Waals surface area (Å²) in [5, 5.41) is 4.07. The first-order valence-electron chi connectivity index (χ1n) is 6.72. The Bertz CT molecular complexity index is 716. The van der Waals surface area contributed by atoms with Gasteiger partial charge < -0.3 is 10.3 Å². The van der Waals surface area contributed by atoms with Crippen molar-refractivity contribution in [2.45, 2.75) is 6.42 Å². The Balaban J connectivity index is 1.61. The maximum Gasteiger partial charge on any atom is 0.251 e. The zero-order chi connectivity index (χ0) is 13.8. The highest BCUT2D eigenvalue weighted by molar-refractivity contribution is 5.97. The number of hydrogen-bond acceptors (Lipinski definition) is 1. The van der Waals surface area contributed by atoms with Crippen LogP contribution in [0.15, 0.2) is 60.8 Å². The van der Waals surface area contributed by atoms with Crippen LogP contribution in [0.5, 0.6) is 0 Å². The molecule has 0 aliphatic carbocycles. The highest BCUT2D eigenvalue weighted by Crippen LogP contribution is 2.14. The molecule has 0 saturated heterocycles. The molecule has 0 radical (unpaired) electrons. The maximum atomic E-state index is 12.1. The number of aromatic nitrogens is 1. The van der Waals surface area contributed by atoms with Crippen molar-refractivity contribution in [1.82, 2.24) is 10.3 Å². The van der Waals surface area contributed by atoms with E-state index in [2.05, 4.69) is 22.4 Å². The molecule has 0 unspecified atom stereocenters. The summed E-state index contributed by atoms with van der Waals surface area (Å²) in [6.45, 7) is 0.644. The molecule has 1 aromatic heterocycles. The lowest BCUT2D eigenvalue weighted by Gasteiger charge is -2.05. The Morgan fingerprint density at radius 1 is 1.05 bits per heavy atom. The van der Waals surface area contributed by atoms with E-state index in [0.717, 1.165) is 17.3 Å². The molecule has 3 rings (SSSR count). The van der Waals surface area contributed by atoms with Gasteiger partial charge in [-0.05, 0) is 35.6 Å². The van der Waals surface area contributed by atoms with Crippen molar-refractivity contribution in [3.8, 4) is 0 Å². The zero-order valence-electron chi connectivity index (χ0n) is 11.1. The number of aromatic amines is 1. The summed E-state index contributed by atoms with van der Waals surface area (Å²) >= 11 is 0. The summed E-state index contributed by atoms with van der Waals surface area (Å²) in [5.41, 5.74) is 2.90. The topological polar surface area (TPSA) is 44.9 Å². The number of H-pyrrole nitrogens is 1. The molecular weight excluding hydrogens is 248 g/mol. The summed E-state index contributed by atoms with van der Waals surface area (Å²) < 4.78 is 0. The molecular formula is C17H16N2O. The van der Waals surface area contributed by atoms with Crippen LogP contribution in [0.25, 0.3) is 10.9 Å². The Kier molecular flexibility index (Phi) is 3.50. The van der Waals surface area contributed by atoms with Crippen LogP contribution in [0.4, 0.5) is 0 Å². The first kappa shape index (κ1) is 12.5. The van der Waals surface area contributed by atoms with Crippen molar-refractivity contribution in [2.75, 3.05) is 6.54 Å². The number of hydrogen-bond donors (Lipinski definition) is 2. The molecule has 2 aromatic carbocycles. The van der Waals surface area contributed by atoms with Crippen molar-refractivity contribution < 1.29 is 4.79 Å². The second-order valence-corrected chi connectivity index (χ2v) is 4.77. The summed E-state index contributed by atoms with van der Waals surface area (Å²) in [4.78, 5) is 15.2. The number of carbonyl (C=O) groups is 1. The molecule has 0 aliphatic rings. The van der Waals surface area contributed by atoms with Crippen molar-refractivity contribution in [1.29, 1.82) is 0 Å². The predicted molar refractivity (Wildman–Crippen MR) is 80.8 cm³/mol. The van der Waals surface area contributed by atoms with E-state index in [-0.39, 0.29) is 5.91 Å². The van der Waals surface area contributed by atoms with Gasteiger partial charge in [-0.25, -0.2) is 0 Å². The van der Waals surface area contributed by atoms with Gasteiger partial charge in [-0.2, -0.15) is 0 Å². The molecule has 20 heavy (non-hydrogen) atoms. The Hall–Kier alpha value is -2.55. The van der Waals surface area contributed by atoms with Gasteiger partial charge in [0, 0.05) is 23.8 Å². The van der Waals surface area contributed by atoms with E-state index in [0.29, 0.717) is 12.1 Å². The van der Waals surface area contributed by atoms with E-state index in [1.54, 1.807) is 0 Å². The van der Waals surface area contributed by atoms with E-state index in [9.17, 15) is 4.79 Å². The monoisotopic (exact) mass is 264 g/mol. The number of fused-ring (bicyclic) bond motifs is 1. The van der Waals surface area contributed by atoms with Gasteiger partial charge >= 0.3 is 0 Å². The number of carbonyl (C=O) groups excluding carboxylic acids is 1. The van der Waals surface area contributed by atoms with Gasteiger partial charge in [0.1, 0.15) is 0 Å². The predicted octanol–water partition coefficient (Wildman–Crippen LogP) is 3.14. The fourth-order valence-electron chi connectivity index (χ4n) is 2.26. The van der Waals surface area contributed by atoms with E-state index in [1.807, 2.05) is 48.7 Å². The molecule has 0 saturated carbocycles. The highest BCUT2D eigenvalue weighted by atomic mass is 16.1. The lowest BCUT2D eigenvalue weighted by molar-refractivity contribution is 0.0954. The fourth-order valence-corrected chi connectivity index (χ4v) is 2.26. The largest absolute Gasteiger partial charge is 0.361 e. The molecule has 100 valence electrons. The number of rotatable bonds is 4. The first-order valence-corrected chi connectivity index (χ1v) is 6.72. The minimum atomic E-state index is -0.0302. The first-order chi connectivity index (χ1) is 9.83. The SMILES string of the molecule is O=C(NCCc1ccccc1)c1ccc2cc[nH]c2c1. The molecule has 1 heterocycles. The smallest absolute Gasteiger partial charge is 0.251 e. The van der Waals surface area contributed by atoms with Gasteiger partial charge in [-0.1, -0.05) is 36.4 Å². The Labute approximate surface area is 117 Å². The molecule has 0 bridgehead atoms. The van der Waals surface area contributed by atoms with Gasteiger partial charge in [0.15, 0.2) is 0 Å². The molecule has 2 N–H and O–H groups in total. The number of benzene rings is 2. The fraction of sp³-hybridized carbons (Fsp3) is 0.118.